The smallest absolute Gasteiger partial charge is 0.437 e. The molecule has 13 heteroatoms. The second kappa shape index (κ2) is 16.6. The zero-order chi connectivity index (χ0) is 34.0. The summed E-state index contributed by atoms with van der Waals surface area (Å²) in [5.41, 5.74) is 4.19. The molecular formula is C32H57N5O8. The van der Waals surface area contributed by atoms with Crippen LogP contribution in [0, 0.1) is 0 Å². The molecule has 258 valence electrons. The van der Waals surface area contributed by atoms with E-state index in [1.165, 1.54) is 0 Å². The van der Waals surface area contributed by atoms with Gasteiger partial charge in [0.05, 0.1) is 12.1 Å². The molecule has 0 spiro atoms. The zero-order valence-electron chi connectivity index (χ0n) is 28.9. The standard InChI is InChI=1S/C32H57N5O8/c1-30(2,3)43-25(38)14-13-24(33)26(39)37-18-11-10-12-22(37)17-21-42-23-15-19-36(20-16-23)27(34-28(40)44-31(4,5)6)35-29(41)45-32(7,8)9/h22-24H,10-21,33H2,1-9H3,(H,34,35,40,41)/t22?,24-/m0/s1. The van der Waals surface area contributed by atoms with E-state index in [-0.39, 0.29) is 42.8 Å². The van der Waals surface area contributed by atoms with Crippen LogP contribution < -0.4 is 11.1 Å². The van der Waals surface area contributed by atoms with E-state index in [2.05, 4.69) is 10.3 Å². The fraction of sp³-hybridized carbons (Fsp3) is 0.844. The molecule has 2 atom stereocenters. The van der Waals surface area contributed by atoms with Gasteiger partial charge in [-0.3, -0.25) is 14.9 Å². The quantitative estimate of drug-likeness (QED) is 0.167. The molecule has 2 aliphatic heterocycles. The Morgan fingerprint density at radius 3 is 2.02 bits per heavy atom. The molecule has 13 nitrogen and oxygen atoms in total. The fourth-order valence-corrected chi connectivity index (χ4v) is 5.14. The molecule has 0 aromatic rings. The van der Waals surface area contributed by atoms with Crippen molar-refractivity contribution >= 4 is 30.0 Å². The highest BCUT2D eigenvalue weighted by Gasteiger charge is 2.32. The number of likely N-dealkylation sites (tertiary alicyclic amines) is 2. The first-order valence-corrected chi connectivity index (χ1v) is 16.2. The molecule has 3 amide bonds. The average molecular weight is 640 g/mol. The lowest BCUT2D eigenvalue weighted by Crippen LogP contribution is -2.51. The Balaban J connectivity index is 1.89. The average Bonchev–Trinajstić information content (AvgIpc) is 2.88. The number of carbonyl (C=O) groups is 4. The van der Waals surface area contributed by atoms with Gasteiger partial charge >= 0.3 is 18.2 Å². The number of rotatable bonds is 8. The highest BCUT2D eigenvalue weighted by atomic mass is 16.6. The van der Waals surface area contributed by atoms with Crippen LogP contribution >= 0.6 is 0 Å². The Morgan fingerprint density at radius 2 is 1.44 bits per heavy atom. The molecule has 45 heavy (non-hydrogen) atoms. The molecule has 0 bridgehead atoms. The van der Waals surface area contributed by atoms with Crippen molar-refractivity contribution < 1.29 is 38.1 Å². The van der Waals surface area contributed by atoms with Gasteiger partial charge in [-0.25, -0.2) is 9.59 Å². The number of amides is 3. The third kappa shape index (κ3) is 15.3. The molecule has 0 aromatic heterocycles. The molecule has 2 saturated heterocycles. The van der Waals surface area contributed by atoms with Crippen molar-refractivity contribution in [1.82, 2.24) is 15.1 Å². The van der Waals surface area contributed by atoms with Gasteiger partial charge in [0.2, 0.25) is 11.9 Å². The van der Waals surface area contributed by atoms with Gasteiger partial charge in [0.15, 0.2) is 0 Å². The maximum absolute atomic E-state index is 13.2. The molecule has 2 aliphatic rings. The van der Waals surface area contributed by atoms with Gasteiger partial charge in [-0.15, -0.1) is 4.99 Å². The number of guanidine groups is 1. The minimum Gasteiger partial charge on any atom is -0.460 e. The van der Waals surface area contributed by atoms with Crippen molar-refractivity contribution in [3.63, 3.8) is 0 Å². The van der Waals surface area contributed by atoms with E-state index >= 15 is 0 Å². The van der Waals surface area contributed by atoms with Crippen LogP contribution in [0.25, 0.3) is 0 Å². The van der Waals surface area contributed by atoms with Crippen molar-refractivity contribution in [1.29, 1.82) is 0 Å². The topological polar surface area (TPSA) is 162 Å². The van der Waals surface area contributed by atoms with Crippen LogP contribution in [0.1, 0.15) is 114 Å². The number of piperidine rings is 2. The zero-order valence-corrected chi connectivity index (χ0v) is 28.9. The summed E-state index contributed by atoms with van der Waals surface area (Å²) in [4.78, 5) is 58.0. The molecule has 2 heterocycles. The number of esters is 1. The van der Waals surface area contributed by atoms with Crippen LogP contribution in [0.3, 0.4) is 0 Å². The van der Waals surface area contributed by atoms with E-state index in [1.807, 2.05) is 30.6 Å². The Morgan fingerprint density at radius 1 is 0.844 bits per heavy atom. The Labute approximate surface area is 268 Å². The number of nitrogens with one attached hydrogen (secondary N) is 1. The van der Waals surface area contributed by atoms with Crippen molar-refractivity contribution in [2.75, 3.05) is 26.2 Å². The maximum atomic E-state index is 13.2. The molecule has 3 N–H and O–H groups in total. The Hall–Kier alpha value is -2.93. The van der Waals surface area contributed by atoms with E-state index in [4.69, 9.17) is 24.7 Å². The molecule has 1 unspecified atom stereocenters. The summed E-state index contributed by atoms with van der Waals surface area (Å²) < 4.78 is 22.3. The number of hydrogen-bond donors (Lipinski definition) is 2. The second-order valence-electron chi connectivity index (χ2n) is 14.8. The van der Waals surface area contributed by atoms with Crippen molar-refractivity contribution in [3.05, 3.63) is 0 Å². The van der Waals surface area contributed by atoms with Crippen LogP contribution in [0.15, 0.2) is 4.99 Å². The summed E-state index contributed by atoms with van der Waals surface area (Å²) in [6, 6.07) is -0.723. The lowest BCUT2D eigenvalue weighted by Gasteiger charge is -2.38. The van der Waals surface area contributed by atoms with Gasteiger partial charge in [-0.2, -0.15) is 0 Å². The van der Waals surface area contributed by atoms with Gasteiger partial charge in [-0.1, -0.05) is 0 Å². The van der Waals surface area contributed by atoms with Crippen LogP contribution in [-0.4, -0.2) is 101 Å². The lowest BCUT2D eigenvalue weighted by molar-refractivity contribution is -0.155. The molecule has 0 radical (unpaired) electrons. The monoisotopic (exact) mass is 639 g/mol. The SMILES string of the molecule is CC(C)(C)OC(=O)CC[C@H](N)C(=O)N1CCCCC1CCOC1CCN(C(=NC(=O)OC(C)(C)C)NC(=O)OC(C)(C)C)CC1. The van der Waals surface area contributed by atoms with Crippen molar-refractivity contribution in [3.8, 4) is 0 Å². The van der Waals surface area contributed by atoms with E-state index < -0.39 is 35.0 Å². The number of hydrogen-bond acceptors (Lipinski definition) is 9. The third-order valence-corrected chi connectivity index (χ3v) is 7.06. The normalized spacial score (nSPS) is 19.5. The minimum atomic E-state index is -0.803. The van der Waals surface area contributed by atoms with Gasteiger partial charge in [-0.05, 0) is 107 Å². The number of nitrogens with zero attached hydrogens (tertiary/aromatic N) is 3. The second-order valence-corrected chi connectivity index (χ2v) is 14.8. The molecule has 2 rings (SSSR count). The maximum Gasteiger partial charge on any atom is 0.437 e. The summed E-state index contributed by atoms with van der Waals surface area (Å²) in [6.45, 7) is 18.1. The number of nitrogens with two attached hydrogens (primary N) is 1. The van der Waals surface area contributed by atoms with Crippen LogP contribution in [0.4, 0.5) is 9.59 Å². The van der Waals surface area contributed by atoms with E-state index in [9.17, 15) is 19.2 Å². The minimum absolute atomic E-state index is 0.0191. The number of alkyl carbamates (subject to hydrolysis) is 1. The van der Waals surface area contributed by atoms with Gasteiger partial charge in [0.25, 0.3) is 0 Å². The largest absolute Gasteiger partial charge is 0.460 e. The molecular weight excluding hydrogens is 582 g/mol. The van der Waals surface area contributed by atoms with E-state index in [1.54, 1.807) is 41.5 Å². The van der Waals surface area contributed by atoms with Crippen LogP contribution in [0.5, 0.6) is 0 Å². The molecule has 0 saturated carbocycles. The molecule has 0 aromatic carbocycles. The first-order valence-electron chi connectivity index (χ1n) is 16.2. The fourth-order valence-electron chi connectivity index (χ4n) is 5.14. The molecule has 2 fully saturated rings. The predicted molar refractivity (Wildman–Crippen MR) is 171 cm³/mol. The predicted octanol–water partition coefficient (Wildman–Crippen LogP) is 4.50. The summed E-state index contributed by atoms with van der Waals surface area (Å²) in [5.74, 6) is -0.411. The van der Waals surface area contributed by atoms with Gasteiger partial charge < -0.3 is 34.5 Å². The molecule has 0 aliphatic carbocycles. The van der Waals surface area contributed by atoms with Gasteiger partial charge in [0.1, 0.15) is 16.8 Å². The first-order chi connectivity index (χ1) is 20.7. The van der Waals surface area contributed by atoms with E-state index in [0.717, 1.165) is 19.3 Å². The van der Waals surface area contributed by atoms with Crippen LogP contribution in [-0.2, 0) is 28.5 Å². The van der Waals surface area contributed by atoms with Crippen molar-refractivity contribution in [2.45, 2.75) is 149 Å². The summed E-state index contributed by atoms with van der Waals surface area (Å²) in [6.07, 6.45) is 3.66. The summed E-state index contributed by atoms with van der Waals surface area (Å²) in [5, 5.41) is 2.61. The lowest BCUT2D eigenvalue weighted by atomic mass is 9.97. The number of ether oxygens (including phenoxy) is 4. The van der Waals surface area contributed by atoms with Crippen molar-refractivity contribution in [2.24, 2.45) is 10.7 Å². The Kier molecular flexibility index (Phi) is 14.1. The number of aliphatic imine (C=N–C) groups is 1. The highest BCUT2D eigenvalue weighted by Crippen LogP contribution is 2.23. The first kappa shape index (κ1) is 38.3. The number of carbonyl (C=O) groups excluding carboxylic acids is 4. The van der Waals surface area contributed by atoms with Gasteiger partial charge in [0, 0.05) is 38.7 Å². The third-order valence-electron chi connectivity index (χ3n) is 7.06. The summed E-state index contributed by atoms with van der Waals surface area (Å²) in [7, 11) is 0. The highest BCUT2D eigenvalue weighted by molar-refractivity contribution is 5.99. The summed E-state index contributed by atoms with van der Waals surface area (Å²) >= 11 is 0. The van der Waals surface area contributed by atoms with Crippen LogP contribution in [0.2, 0.25) is 0 Å². The Bertz CT molecular complexity index is 1040. The van der Waals surface area contributed by atoms with E-state index in [0.29, 0.717) is 45.5 Å².